The van der Waals surface area contributed by atoms with Crippen molar-refractivity contribution in [3.8, 4) is 0 Å². The second kappa shape index (κ2) is 9.73. The molecular weight excluding hydrogens is 398 g/mol. The van der Waals surface area contributed by atoms with Gasteiger partial charge < -0.3 is 15.3 Å². The number of hydrazine groups is 1. The van der Waals surface area contributed by atoms with Gasteiger partial charge in [0.2, 0.25) is 5.91 Å². The highest BCUT2D eigenvalue weighted by atomic mass is 32.2. The number of allylic oxidation sites excluding steroid dienone is 1. The third-order valence-corrected chi connectivity index (χ3v) is 5.25. The number of carbonyl (C=O) groups is 1. The maximum atomic E-state index is 11.9. The molecular formula is C21H27N7OS. The number of hydrogen-bond acceptors (Lipinski definition) is 6. The molecule has 1 fully saturated rings. The molecule has 0 saturated heterocycles. The van der Waals surface area contributed by atoms with E-state index in [2.05, 4.69) is 32.7 Å². The number of benzene rings is 1. The SMILES string of the molecule is C=C(C)n1cc(Sc2ccc(NC(=O)C3CC3)cc2)nc(N=C(C)NNCC)c1=N. The van der Waals surface area contributed by atoms with Crippen LogP contribution in [0.1, 0.15) is 33.6 Å². The van der Waals surface area contributed by atoms with Gasteiger partial charge >= 0.3 is 0 Å². The highest BCUT2D eigenvalue weighted by molar-refractivity contribution is 7.99. The van der Waals surface area contributed by atoms with Gasteiger partial charge in [0, 0.05) is 34.9 Å². The van der Waals surface area contributed by atoms with Crippen LogP contribution in [0.4, 0.5) is 11.5 Å². The van der Waals surface area contributed by atoms with Crippen LogP contribution >= 0.6 is 11.8 Å². The zero-order valence-electron chi connectivity index (χ0n) is 17.5. The van der Waals surface area contributed by atoms with Crippen LogP contribution in [0.3, 0.4) is 0 Å². The Balaban J connectivity index is 1.81. The molecule has 0 atom stereocenters. The van der Waals surface area contributed by atoms with Gasteiger partial charge in [-0.2, -0.15) is 0 Å². The fraction of sp³-hybridized carbons (Fsp3) is 0.333. The average Bonchev–Trinajstić information content (AvgIpc) is 3.55. The molecule has 0 aliphatic heterocycles. The second-order valence-corrected chi connectivity index (χ2v) is 8.19. The van der Waals surface area contributed by atoms with E-state index in [1.54, 1.807) is 10.8 Å². The molecule has 8 nitrogen and oxygen atoms in total. The van der Waals surface area contributed by atoms with Crippen molar-refractivity contribution in [2.45, 2.75) is 43.5 Å². The van der Waals surface area contributed by atoms with Gasteiger partial charge in [-0.25, -0.2) is 15.4 Å². The van der Waals surface area contributed by atoms with Crippen LogP contribution in [0, 0.1) is 11.3 Å². The van der Waals surface area contributed by atoms with Crippen molar-refractivity contribution in [2.24, 2.45) is 10.9 Å². The van der Waals surface area contributed by atoms with Crippen molar-refractivity contribution >= 4 is 40.7 Å². The molecule has 4 N–H and O–H groups in total. The third-order valence-electron chi connectivity index (χ3n) is 4.33. The summed E-state index contributed by atoms with van der Waals surface area (Å²) in [5, 5.41) is 12.0. The van der Waals surface area contributed by atoms with Crippen LogP contribution in [-0.4, -0.2) is 27.8 Å². The lowest BCUT2D eigenvalue weighted by Crippen LogP contribution is -2.35. The Kier molecular flexibility index (Phi) is 7.07. The first kappa shape index (κ1) is 21.8. The summed E-state index contributed by atoms with van der Waals surface area (Å²) in [6, 6.07) is 7.65. The average molecular weight is 426 g/mol. The van der Waals surface area contributed by atoms with E-state index in [1.807, 2.05) is 45.0 Å². The summed E-state index contributed by atoms with van der Waals surface area (Å²) in [5.41, 5.74) is 7.61. The van der Waals surface area contributed by atoms with Crippen LogP contribution in [0.25, 0.3) is 5.70 Å². The lowest BCUT2D eigenvalue weighted by Gasteiger charge is -2.11. The van der Waals surface area contributed by atoms with Gasteiger partial charge in [0.1, 0.15) is 10.9 Å². The van der Waals surface area contributed by atoms with Crippen LogP contribution in [0.15, 0.2) is 52.0 Å². The first-order valence-electron chi connectivity index (χ1n) is 9.84. The van der Waals surface area contributed by atoms with Crippen LogP contribution in [-0.2, 0) is 4.79 Å². The monoisotopic (exact) mass is 425 g/mol. The van der Waals surface area contributed by atoms with E-state index in [9.17, 15) is 4.79 Å². The minimum atomic E-state index is 0.0923. The quantitative estimate of drug-likeness (QED) is 0.294. The number of hydrogen-bond donors (Lipinski definition) is 4. The van der Waals surface area contributed by atoms with Crippen LogP contribution < -0.4 is 21.7 Å². The molecule has 30 heavy (non-hydrogen) atoms. The zero-order valence-corrected chi connectivity index (χ0v) is 18.3. The van der Waals surface area contributed by atoms with Gasteiger partial charge in [0.25, 0.3) is 0 Å². The molecule has 1 aliphatic carbocycles. The largest absolute Gasteiger partial charge is 0.326 e. The molecule has 1 aromatic heterocycles. The molecule has 1 saturated carbocycles. The number of carbonyl (C=O) groups excluding carboxylic acids is 1. The highest BCUT2D eigenvalue weighted by Crippen LogP contribution is 2.31. The molecule has 1 aromatic carbocycles. The molecule has 1 aliphatic rings. The predicted octanol–water partition coefficient (Wildman–Crippen LogP) is 3.52. The lowest BCUT2D eigenvalue weighted by molar-refractivity contribution is -0.117. The summed E-state index contributed by atoms with van der Waals surface area (Å²) in [4.78, 5) is 21.8. The van der Waals surface area contributed by atoms with E-state index in [4.69, 9.17) is 5.41 Å². The zero-order chi connectivity index (χ0) is 21.7. The summed E-state index contributed by atoms with van der Waals surface area (Å²) in [7, 11) is 0. The molecule has 2 aromatic rings. The summed E-state index contributed by atoms with van der Waals surface area (Å²) >= 11 is 1.46. The summed E-state index contributed by atoms with van der Waals surface area (Å²) in [6.07, 6.45) is 3.74. The standard InChI is InChI=1S/C21H27N7OS/c1-5-23-27-14(4)24-20-19(22)28(13(2)3)12-18(26-20)30-17-10-8-16(9-11-17)25-21(29)15-6-7-15/h8-12,15,22-23H,2,5-7H2,1,3-4H3,(H,25,29)(H,24,26,27). The lowest BCUT2D eigenvalue weighted by atomic mass is 10.3. The molecule has 1 heterocycles. The molecule has 3 rings (SSSR count). The fourth-order valence-corrected chi connectivity index (χ4v) is 3.42. The number of rotatable bonds is 8. The molecule has 158 valence electrons. The normalized spacial score (nSPS) is 13.8. The second-order valence-electron chi connectivity index (χ2n) is 7.10. The molecule has 0 radical (unpaired) electrons. The van der Waals surface area contributed by atoms with Crippen molar-refractivity contribution in [1.29, 1.82) is 5.41 Å². The number of nitrogens with zero attached hydrogens (tertiary/aromatic N) is 3. The molecule has 9 heteroatoms. The van der Waals surface area contributed by atoms with Gasteiger partial charge in [-0.3, -0.25) is 10.2 Å². The van der Waals surface area contributed by atoms with Crippen molar-refractivity contribution in [2.75, 3.05) is 11.9 Å². The molecule has 0 bridgehead atoms. The van der Waals surface area contributed by atoms with Crippen molar-refractivity contribution < 1.29 is 4.79 Å². The summed E-state index contributed by atoms with van der Waals surface area (Å²) in [5.74, 6) is 1.19. The van der Waals surface area contributed by atoms with Gasteiger partial charge in [0.05, 0.1) is 0 Å². The Morgan fingerprint density at radius 3 is 2.63 bits per heavy atom. The summed E-state index contributed by atoms with van der Waals surface area (Å²) in [6.45, 7) is 10.3. The maximum absolute atomic E-state index is 11.9. The number of aliphatic imine (C=N–C) groups is 1. The van der Waals surface area contributed by atoms with E-state index in [0.717, 1.165) is 30.0 Å². The van der Waals surface area contributed by atoms with Crippen molar-refractivity contribution in [3.05, 3.63) is 42.5 Å². The van der Waals surface area contributed by atoms with Gasteiger partial charge in [0.15, 0.2) is 11.3 Å². The Morgan fingerprint density at radius 2 is 2.03 bits per heavy atom. The minimum Gasteiger partial charge on any atom is -0.326 e. The molecule has 1 amide bonds. The van der Waals surface area contributed by atoms with Crippen LogP contribution in [0.2, 0.25) is 0 Å². The van der Waals surface area contributed by atoms with E-state index in [1.165, 1.54) is 11.8 Å². The molecule has 0 unspecified atom stereocenters. The Bertz CT molecular complexity index is 1020. The Labute approximate surface area is 180 Å². The van der Waals surface area contributed by atoms with E-state index in [0.29, 0.717) is 22.4 Å². The Hall–Kier alpha value is -2.91. The highest BCUT2D eigenvalue weighted by Gasteiger charge is 2.29. The first-order valence-corrected chi connectivity index (χ1v) is 10.7. The minimum absolute atomic E-state index is 0.0923. The number of nitrogens with one attached hydrogen (secondary N) is 4. The molecule has 0 spiro atoms. The number of aromatic nitrogens is 2. The fourth-order valence-electron chi connectivity index (χ4n) is 2.62. The predicted molar refractivity (Wildman–Crippen MR) is 121 cm³/mol. The van der Waals surface area contributed by atoms with E-state index in [-0.39, 0.29) is 17.3 Å². The number of amidine groups is 1. The third kappa shape index (κ3) is 5.80. The smallest absolute Gasteiger partial charge is 0.227 e. The number of amides is 1. The van der Waals surface area contributed by atoms with Crippen molar-refractivity contribution in [1.82, 2.24) is 20.4 Å². The van der Waals surface area contributed by atoms with E-state index < -0.39 is 0 Å². The topological polar surface area (TPSA) is 107 Å². The summed E-state index contributed by atoms with van der Waals surface area (Å²) < 4.78 is 1.67. The number of anilines is 1. The first-order chi connectivity index (χ1) is 14.4. The van der Waals surface area contributed by atoms with Gasteiger partial charge in [-0.1, -0.05) is 25.3 Å². The van der Waals surface area contributed by atoms with E-state index >= 15 is 0 Å². The van der Waals surface area contributed by atoms with Gasteiger partial charge in [-0.05, 0) is 51.0 Å². The van der Waals surface area contributed by atoms with Crippen LogP contribution in [0.5, 0.6) is 0 Å². The Morgan fingerprint density at radius 1 is 1.33 bits per heavy atom. The maximum Gasteiger partial charge on any atom is 0.227 e. The van der Waals surface area contributed by atoms with Crippen molar-refractivity contribution in [3.63, 3.8) is 0 Å². The van der Waals surface area contributed by atoms with Gasteiger partial charge in [-0.15, -0.1) is 0 Å².